The van der Waals surface area contributed by atoms with E-state index in [1.165, 1.54) is 16.8 Å². The van der Waals surface area contributed by atoms with Gasteiger partial charge in [-0.25, -0.2) is 4.39 Å². The molecule has 0 bridgehead atoms. The van der Waals surface area contributed by atoms with Crippen molar-refractivity contribution in [1.29, 1.82) is 0 Å². The number of carbonyl (C=O) groups excluding carboxylic acids is 1. The van der Waals surface area contributed by atoms with Gasteiger partial charge in [-0.3, -0.25) is 9.78 Å². The molecule has 0 aliphatic carbocycles. The van der Waals surface area contributed by atoms with Crippen LogP contribution in [0.5, 0.6) is 0 Å². The molecule has 0 saturated heterocycles. The van der Waals surface area contributed by atoms with Crippen molar-refractivity contribution in [2.45, 2.75) is 13.3 Å². The van der Waals surface area contributed by atoms with E-state index >= 15 is 0 Å². The normalized spacial score (nSPS) is 11.2. The number of allylic oxidation sites excluding steroid dienone is 2. The summed E-state index contributed by atoms with van der Waals surface area (Å²) >= 11 is 0. The number of nitrogens with zero attached hydrogens (tertiary/aromatic N) is 4. The van der Waals surface area contributed by atoms with Crippen LogP contribution in [0.25, 0.3) is 11.4 Å². The highest BCUT2D eigenvalue weighted by Gasteiger charge is 2.16. The number of carbonyl (C=O) groups is 1. The molecule has 0 amide bonds. The zero-order chi connectivity index (χ0) is 17.5. The number of rotatable bonds is 7. The molecule has 0 aromatic carbocycles. The van der Waals surface area contributed by atoms with Crippen LogP contribution >= 0.6 is 0 Å². The summed E-state index contributed by atoms with van der Waals surface area (Å²) in [4.78, 5) is 20.4. The summed E-state index contributed by atoms with van der Waals surface area (Å²) in [6, 6.07) is 3.56. The Balaban J connectivity index is 2.31. The molecule has 0 radical (unpaired) electrons. The first kappa shape index (κ1) is 17.3. The zero-order valence-electron chi connectivity index (χ0n) is 13.4. The van der Waals surface area contributed by atoms with Crippen LogP contribution in [0.15, 0.2) is 61.2 Å². The summed E-state index contributed by atoms with van der Waals surface area (Å²) in [6.07, 6.45) is 6.28. The Morgan fingerprint density at radius 2 is 2.29 bits per heavy atom. The molecule has 0 saturated carbocycles. The number of hydrogen-bond acceptors (Lipinski definition) is 5. The Labute approximate surface area is 139 Å². The first-order valence-electron chi connectivity index (χ1n) is 7.37. The molecule has 0 unspecified atom stereocenters. The highest BCUT2D eigenvalue weighted by atomic mass is 19.1. The van der Waals surface area contributed by atoms with Crippen molar-refractivity contribution in [1.82, 2.24) is 19.7 Å². The predicted molar refractivity (Wildman–Crippen MR) is 91.2 cm³/mol. The van der Waals surface area contributed by atoms with E-state index < -0.39 is 5.83 Å². The maximum Gasteiger partial charge on any atom is 0.249 e. The van der Waals surface area contributed by atoms with Crippen molar-refractivity contribution >= 4 is 11.9 Å². The molecule has 0 spiro atoms. The fourth-order valence-electron chi connectivity index (χ4n) is 1.93. The van der Waals surface area contributed by atoms with Gasteiger partial charge in [0.1, 0.15) is 5.83 Å². The molecule has 6 nitrogen and oxygen atoms in total. The average molecular weight is 327 g/mol. The first-order chi connectivity index (χ1) is 11.5. The van der Waals surface area contributed by atoms with Gasteiger partial charge in [0.15, 0.2) is 5.82 Å². The lowest BCUT2D eigenvalue weighted by atomic mass is 10.2. The number of halogens is 1. The second-order valence-corrected chi connectivity index (χ2v) is 4.88. The topological polar surface area (TPSA) is 72.7 Å². The molecular formula is C17H18FN5O. The summed E-state index contributed by atoms with van der Waals surface area (Å²) in [6.45, 7) is 8.77. The van der Waals surface area contributed by atoms with Crippen LogP contribution in [0.3, 0.4) is 0 Å². The van der Waals surface area contributed by atoms with Gasteiger partial charge in [-0.1, -0.05) is 26.2 Å². The lowest BCUT2D eigenvalue weighted by Crippen LogP contribution is -2.16. The van der Waals surface area contributed by atoms with Crippen LogP contribution < -0.4 is 5.32 Å². The van der Waals surface area contributed by atoms with Crippen LogP contribution in [0.4, 0.5) is 10.3 Å². The lowest BCUT2D eigenvalue weighted by molar-refractivity contribution is 0.0896. The predicted octanol–water partition coefficient (Wildman–Crippen LogP) is 3.40. The second-order valence-electron chi connectivity index (χ2n) is 4.88. The first-order valence-corrected chi connectivity index (χ1v) is 7.37. The van der Waals surface area contributed by atoms with Crippen molar-refractivity contribution in [2.75, 3.05) is 11.9 Å². The third-order valence-electron chi connectivity index (χ3n) is 3.12. The van der Waals surface area contributed by atoms with E-state index in [0.29, 0.717) is 17.0 Å². The maximum absolute atomic E-state index is 12.9. The number of pyridine rings is 1. The Hall–Kier alpha value is -3.09. The quantitative estimate of drug-likeness (QED) is 0.789. The van der Waals surface area contributed by atoms with Gasteiger partial charge in [0.2, 0.25) is 11.9 Å². The van der Waals surface area contributed by atoms with E-state index in [0.717, 1.165) is 0 Å². The van der Waals surface area contributed by atoms with Crippen molar-refractivity contribution < 1.29 is 9.18 Å². The Bertz CT molecular complexity index is 780. The monoisotopic (exact) mass is 327 g/mol. The Kier molecular flexibility index (Phi) is 5.73. The molecule has 0 aliphatic heterocycles. The lowest BCUT2D eigenvalue weighted by Gasteiger charge is -2.06. The SMILES string of the molecule is C=CC(=CC(=C)F)CNc1nc(-c2cccnc2)nn1C(=O)CC. The smallest absolute Gasteiger partial charge is 0.249 e. The molecule has 2 aromatic rings. The van der Waals surface area contributed by atoms with E-state index in [2.05, 4.69) is 33.5 Å². The zero-order valence-corrected chi connectivity index (χ0v) is 13.4. The van der Waals surface area contributed by atoms with Gasteiger partial charge in [-0.2, -0.15) is 9.67 Å². The summed E-state index contributed by atoms with van der Waals surface area (Å²) in [5.74, 6) is -0.127. The van der Waals surface area contributed by atoms with Gasteiger partial charge >= 0.3 is 0 Å². The second kappa shape index (κ2) is 7.96. The maximum atomic E-state index is 12.9. The van der Waals surface area contributed by atoms with Gasteiger partial charge in [-0.15, -0.1) is 5.10 Å². The molecule has 2 heterocycles. The van der Waals surface area contributed by atoms with E-state index in [9.17, 15) is 9.18 Å². The molecule has 7 heteroatoms. The largest absolute Gasteiger partial charge is 0.350 e. The Morgan fingerprint density at radius 3 is 2.88 bits per heavy atom. The summed E-state index contributed by atoms with van der Waals surface area (Å²) in [7, 11) is 0. The van der Waals surface area contributed by atoms with E-state index in [1.54, 1.807) is 31.5 Å². The van der Waals surface area contributed by atoms with E-state index in [1.807, 2.05) is 0 Å². The fourth-order valence-corrected chi connectivity index (χ4v) is 1.93. The fraction of sp³-hybridized carbons (Fsp3) is 0.176. The summed E-state index contributed by atoms with van der Waals surface area (Å²) < 4.78 is 14.1. The van der Waals surface area contributed by atoms with Crippen LogP contribution in [-0.2, 0) is 0 Å². The number of anilines is 1. The highest BCUT2D eigenvalue weighted by molar-refractivity contribution is 5.81. The van der Waals surface area contributed by atoms with E-state index in [4.69, 9.17) is 0 Å². The van der Waals surface area contributed by atoms with Gasteiger partial charge in [0.25, 0.3) is 0 Å². The van der Waals surface area contributed by atoms with E-state index in [-0.39, 0.29) is 24.8 Å². The molecule has 0 fully saturated rings. The molecule has 24 heavy (non-hydrogen) atoms. The van der Waals surface area contributed by atoms with Crippen LogP contribution in [0, 0.1) is 0 Å². The standard InChI is InChI=1S/C17H18FN5O/c1-4-13(9-12(3)18)10-20-17-21-16(14-7-6-8-19-11-14)22-23(17)15(24)5-2/h4,6-9,11H,1,3,5,10H2,2H3,(H,20,21,22). The highest BCUT2D eigenvalue weighted by Crippen LogP contribution is 2.17. The van der Waals surface area contributed by atoms with Crippen LogP contribution in [-0.4, -0.2) is 32.2 Å². The molecule has 0 atom stereocenters. The summed E-state index contributed by atoms with van der Waals surface area (Å²) in [5.41, 5.74) is 1.27. The molecule has 0 aliphatic rings. The van der Waals surface area contributed by atoms with Crippen molar-refractivity contribution in [3.05, 3.63) is 61.2 Å². The third-order valence-corrected chi connectivity index (χ3v) is 3.12. The number of nitrogens with one attached hydrogen (secondary N) is 1. The number of aromatic nitrogens is 4. The Morgan fingerprint density at radius 1 is 1.50 bits per heavy atom. The minimum atomic E-state index is -0.575. The minimum absolute atomic E-state index is 0.209. The average Bonchev–Trinajstić information content (AvgIpc) is 3.02. The van der Waals surface area contributed by atoms with Gasteiger partial charge < -0.3 is 5.32 Å². The molecule has 2 rings (SSSR count). The third kappa shape index (κ3) is 4.22. The van der Waals surface area contributed by atoms with Gasteiger partial charge in [0.05, 0.1) is 0 Å². The van der Waals surface area contributed by atoms with Crippen LogP contribution in [0.2, 0.25) is 0 Å². The minimum Gasteiger partial charge on any atom is -0.350 e. The van der Waals surface area contributed by atoms with Crippen molar-refractivity contribution in [3.63, 3.8) is 0 Å². The van der Waals surface area contributed by atoms with Crippen molar-refractivity contribution in [2.24, 2.45) is 0 Å². The molecule has 2 aromatic heterocycles. The molecular weight excluding hydrogens is 309 g/mol. The number of hydrogen-bond donors (Lipinski definition) is 1. The summed E-state index contributed by atoms with van der Waals surface area (Å²) in [5, 5.41) is 7.21. The van der Waals surface area contributed by atoms with Crippen molar-refractivity contribution in [3.8, 4) is 11.4 Å². The van der Waals surface area contributed by atoms with Gasteiger partial charge in [-0.05, 0) is 23.8 Å². The molecule has 124 valence electrons. The van der Waals surface area contributed by atoms with Gasteiger partial charge in [0, 0.05) is 30.9 Å². The molecule has 1 N–H and O–H groups in total. The van der Waals surface area contributed by atoms with Crippen LogP contribution in [0.1, 0.15) is 18.1 Å².